The Kier molecular flexibility index (Phi) is 8.64. The summed E-state index contributed by atoms with van der Waals surface area (Å²) in [4.78, 5) is 11.6. The number of nitrogens with two attached hydrogens (primary N) is 1. The second-order valence-corrected chi connectivity index (χ2v) is 7.32. The summed E-state index contributed by atoms with van der Waals surface area (Å²) < 4.78 is 16.8. The van der Waals surface area contributed by atoms with E-state index in [0.717, 1.165) is 22.3 Å². The first-order valence-electron chi connectivity index (χ1n) is 10.4. The van der Waals surface area contributed by atoms with E-state index >= 15 is 0 Å². The molecule has 2 N–H and O–H groups in total. The van der Waals surface area contributed by atoms with E-state index in [2.05, 4.69) is 0 Å². The van der Waals surface area contributed by atoms with E-state index in [9.17, 15) is 4.79 Å². The molecule has 0 fully saturated rings. The highest BCUT2D eigenvalue weighted by Crippen LogP contribution is 2.27. The lowest BCUT2D eigenvalue weighted by atomic mass is 10.0. The van der Waals surface area contributed by atoms with Crippen molar-refractivity contribution in [2.75, 3.05) is 19.5 Å². The Hall–Kier alpha value is -3.15. The van der Waals surface area contributed by atoms with Crippen LogP contribution in [-0.4, -0.2) is 19.7 Å². The summed E-state index contributed by atoms with van der Waals surface area (Å²) in [6.45, 7) is 1.61. The molecule has 5 heteroatoms. The molecular formula is C26H29NO4. The topological polar surface area (TPSA) is 70.8 Å². The van der Waals surface area contributed by atoms with Crippen LogP contribution in [0.5, 0.6) is 0 Å². The number of nitrogen functional groups attached to an aromatic ring is 1. The van der Waals surface area contributed by atoms with Gasteiger partial charge in [0.15, 0.2) is 0 Å². The molecule has 0 radical (unpaired) electrons. The minimum Gasteiger partial charge on any atom is -0.469 e. The van der Waals surface area contributed by atoms with E-state index in [4.69, 9.17) is 19.9 Å². The summed E-state index contributed by atoms with van der Waals surface area (Å²) in [5.41, 5.74) is 10.7. The van der Waals surface area contributed by atoms with Crippen molar-refractivity contribution < 1.29 is 19.0 Å². The number of hydrogen-bond acceptors (Lipinski definition) is 5. The number of carbonyl (C=O) groups excluding carboxylic acids is 1. The van der Waals surface area contributed by atoms with Gasteiger partial charge in [-0.25, -0.2) is 0 Å². The first kappa shape index (κ1) is 22.5. The van der Waals surface area contributed by atoms with Crippen LogP contribution in [0.25, 0.3) is 0 Å². The van der Waals surface area contributed by atoms with Gasteiger partial charge in [0, 0.05) is 18.7 Å². The molecule has 3 aromatic rings. The Morgan fingerprint density at radius 1 is 0.903 bits per heavy atom. The molecule has 0 amide bonds. The van der Waals surface area contributed by atoms with Gasteiger partial charge in [-0.2, -0.15) is 0 Å². The zero-order valence-electron chi connectivity index (χ0n) is 17.8. The zero-order valence-corrected chi connectivity index (χ0v) is 17.8. The fourth-order valence-electron chi connectivity index (χ4n) is 3.27. The van der Waals surface area contributed by atoms with E-state index in [1.165, 1.54) is 7.11 Å². The van der Waals surface area contributed by atoms with Crippen LogP contribution in [0, 0.1) is 0 Å². The van der Waals surface area contributed by atoms with Crippen molar-refractivity contribution in [1.82, 2.24) is 0 Å². The number of carbonyl (C=O) groups is 1. The van der Waals surface area contributed by atoms with Crippen LogP contribution >= 0.6 is 0 Å². The first-order valence-corrected chi connectivity index (χ1v) is 10.4. The summed E-state index contributed by atoms with van der Waals surface area (Å²) in [7, 11) is 1.37. The van der Waals surface area contributed by atoms with Crippen LogP contribution in [0.15, 0.2) is 78.9 Å². The standard InChI is InChI=1S/C26H29NO4/c1-29-26(28)17-22-12-13-23(16-24(22)27)25(31-19-21-10-6-3-7-11-21)14-15-30-18-20-8-4-2-5-9-20/h2-13,16,25H,14-15,17-19,27H2,1H3. The molecule has 3 aromatic carbocycles. The minimum absolute atomic E-state index is 0.151. The molecule has 0 aromatic heterocycles. The second-order valence-electron chi connectivity index (χ2n) is 7.32. The number of benzene rings is 3. The van der Waals surface area contributed by atoms with Crippen molar-refractivity contribution in [3.05, 3.63) is 101 Å². The maximum Gasteiger partial charge on any atom is 0.310 e. The third kappa shape index (κ3) is 7.24. The maximum atomic E-state index is 11.6. The predicted molar refractivity (Wildman–Crippen MR) is 121 cm³/mol. The van der Waals surface area contributed by atoms with Gasteiger partial charge in [0.25, 0.3) is 0 Å². The Bertz CT molecular complexity index is 944. The second kappa shape index (κ2) is 11.9. The Morgan fingerprint density at radius 3 is 2.16 bits per heavy atom. The molecule has 0 heterocycles. The van der Waals surface area contributed by atoms with Gasteiger partial charge in [-0.15, -0.1) is 0 Å². The van der Waals surface area contributed by atoms with Gasteiger partial charge in [0.05, 0.1) is 32.8 Å². The van der Waals surface area contributed by atoms with E-state index in [1.807, 2.05) is 78.9 Å². The molecule has 0 saturated heterocycles. The van der Waals surface area contributed by atoms with E-state index < -0.39 is 0 Å². The molecule has 1 unspecified atom stereocenters. The fourth-order valence-corrected chi connectivity index (χ4v) is 3.27. The molecule has 0 aliphatic heterocycles. The third-order valence-corrected chi connectivity index (χ3v) is 5.03. The van der Waals surface area contributed by atoms with Crippen molar-refractivity contribution in [1.29, 1.82) is 0 Å². The van der Waals surface area contributed by atoms with Crippen molar-refractivity contribution in [2.45, 2.75) is 32.2 Å². The highest BCUT2D eigenvalue weighted by Gasteiger charge is 2.15. The van der Waals surface area contributed by atoms with Crippen LogP contribution in [0.4, 0.5) is 5.69 Å². The van der Waals surface area contributed by atoms with Gasteiger partial charge in [-0.3, -0.25) is 4.79 Å². The Morgan fingerprint density at radius 2 is 1.55 bits per heavy atom. The summed E-state index contributed by atoms with van der Waals surface area (Å²) in [6.07, 6.45) is 0.666. The summed E-state index contributed by atoms with van der Waals surface area (Å²) in [5.74, 6) is -0.314. The third-order valence-electron chi connectivity index (χ3n) is 5.03. The molecule has 3 rings (SSSR count). The summed E-state index contributed by atoms with van der Waals surface area (Å²) >= 11 is 0. The quantitative estimate of drug-likeness (QED) is 0.273. The van der Waals surface area contributed by atoms with Crippen molar-refractivity contribution in [3.63, 3.8) is 0 Å². The average Bonchev–Trinajstić information content (AvgIpc) is 2.81. The molecule has 0 spiro atoms. The molecule has 0 bridgehead atoms. The molecular weight excluding hydrogens is 390 g/mol. The summed E-state index contributed by atoms with van der Waals surface area (Å²) in [5, 5.41) is 0. The molecule has 1 atom stereocenters. The van der Waals surface area contributed by atoms with Gasteiger partial charge in [-0.05, 0) is 28.3 Å². The number of rotatable bonds is 11. The molecule has 162 valence electrons. The van der Waals surface area contributed by atoms with Gasteiger partial charge in [0.1, 0.15) is 0 Å². The normalized spacial score (nSPS) is 11.8. The van der Waals surface area contributed by atoms with Crippen LogP contribution < -0.4 is 5.73 Å². The van der Waals surface area contributed by atoms with Crippen molar-refractivity contribution in [2.24, 2.45) is 0 Å². The highest BCUT2D eigenvalue weighted by molar-refractivity contribution is 5.74. The largest absolute Gasteiger partial charge is 0.469 e. The molecule has 5 nitrogen and oxygen atoms in total. The van der Waals surface area contributed by atoms with Crippen molar-refractivity contribution >= 4 is 11.7 Å². The zero-order chi connectivity index (χ0) is 21.9. The smallest absolute Gasteiger partial charge is 0.310 e. The van der Waals surface area contributed by atoms with Gasteiger partial charge in [-0.1, -0.05) is 72.8 Å². The van der Waals surface area contributed by atoms with Crippen molar-refractivity contribution in [3.8, 4) is 0 Å². The number of hydrogen-bond donors (Lipinski definition) is 1. The molecule has 0 saturated carbocycles. The fraction of sp³-hybridized carbons (Fsp3) is 0.269. The molecule has 0 aliphatic carbocycles. The van der Waals surface area contributed by atoms with Crippen LogP contribution in [0.1, 0.15) is 34.8 Å². The maximum absolute atomic E-state index is 11.6. The van der Waals surface area contributed by atoms with Crippen LogP contribution in [-0.2, 0) is 38.6 Å². The first-order chi connectivity index (χ1) is 15.2. The number of methoxy groups -OCH3 is 1. The van der Waals surface area contributed by atoms with Crippen LogP contribution in [0.2, 0.25) is 0 Å². The number of ether oxygens (including phenoxy) is 3. The Balaban J connectivity index is 1.65. The van der Waals surface area contributed by atoms with E-state index in [0.29, 0.717) is 31.9 Å². The number of esters is 1. The minimum atomic E-state index is -0.314. The predicted octanol–water partition coefficient (Wildman–Crippen LogP) is 4.85. The van der Waals surface area contributed by atoms with E-state index in [1.54, 1.807) is 0 Å². The Labute approximate surface area is 183 Å². The van der Waals surface area contributed by atoms with E-state index in [-0.39, 0.29) is 18.5 Å². The molecule has 0 aliphatic rings. The van der Waals surface area contributed by atoms with Gasteiger partial charge < -0.3 is 19.9 Å². The lowest BCUT2D eigenvalue weighted by molar-refractivity contribution is -0.139. The lowest BCUT2D eigenvalue weighted by Gasteiger charge is -2.20. The number of anilines is 1. The average molecular weight is 420 g/mol. The highest BCUT2D eigenvalue weighted by atomic mass is 16.5. The van der Waals surface area contributed by atoms with Crippen LogP contribution in [0.3, 0.4) is 0 Å². The monoisotopic (exact) mass is 419 g/mol. The van der Waals surface area contributed by atoms with Gasteiger partial charge >= 0.3 is 5.97 Å². The SMILES string of the molecule is COC(=O)Cc1ccc(C(CCOCc2ccccc2)OCc2ccccc2)cc1N. The molecule has 31 heavy (non-hydrogen) atoms. The lowest BCUT2D eigenvalue weighted by Crippen LogP contribution is -2.11. The van der Waals surface area contributed by atoms with Gasteiger partial charge in [0.2, 0.25) is 0 Å². The summed E-state index contributed by atoms with van der Waals surface area (Å²) in [6, 6.07) is 25.9.